The van der Waals surface area contributed by atoms with Crippen molar-refractivity contribution in [1.82, 2.24) is 0 Å². The number of amides is 1. The van der Waals surface area contributed by atoms with Crippen LogP contribution in [0.2, 0.25) is 0 Å². The molecule has 0 spiro atoms. The first-order valence-electron chi connectivity index (χ1n) is 14.5. The number of nitrogens with one attached hydrogen (secondary N) is 1. The van der Waals surface area contributed by atoms with Crippen molar-refractivity contribution in [2.24, 2.45) is 0 Å². The van der Waals surface area contributed by atoms with E-state index in [1.807, 2.05) is 24.3 Å². The fourth-order valence-electron chi connectivity index (χ4n) is 4.50. The van der Waals surface area contributed by atoms with E-state index < -0.39 is 0 Å². The van der Waals surface area contributed by atoms with Crippen molar-refractivity contribution in [3.05, 3.63) is 48.0 Å². The number of methoxy groups -OCH3 is 1. The van der Waals surface area contributed by atoms with Crippen LogP contribution in [0.25, 0.3) is 0 Å². The third-order valence-electron chi connectivity index (χ3n) is 6.82. The minimum Gasteiger partial charge on any atom is -0.504 e. The summed E-state index contributed by atoms with van der Waals surface area (Å²) in [6, 6.07) is 11.9. The smallest absolute Gasteiger partial charge is 0.255 e. The second-order valence-electron chi connectivity index (χ2n) is 10.0. The number of aromatic hydroxyl groups is 1. The Kier molecular flexibility index (Phi) is 16.0. The van der Waals surface area contributed by atoms with E-state index in [0.717, 1.165) is 18.8 Å². The summed E-state index contributed by atoms with van der Waals surface area (Å²) in [5.41, 5.74) is 1.10. The van der Waals surface area contributed by atoms with Crippen LogP contribution in [-0.4, -0.2) is 24.7 Å². The monoisotopic (exact) mass is 511 g/mol. The van der Waals surface area contributed by atoms with Crippen molar-refractivity contribution in [2.45, 2.75) is 110 Å². The topological polar surface area (TPSA) is 67.8 Å². The number of hydrogen-bond donors (Lipinski definition) is 2. The second-order valence-corrected chi connectivity index (χ2v) is 10.0. The summed E-state index contributed by atoms with van der Waals surface area (Å²) >= 11 is 0. The molecule has 0 saturated heterocycles. The predicted octanol–water partition coefficient (Wildman–Crippen LogP) is 9.29. The molecule has 2 N–H and O–H groups in total. The first-order chi connectivity index (χ1) is 18.1. The number of unbranched alkanes of at least 4 members (excludes halogenated alkanes) is 15. The Labute approximate surface area is 225 Å². The van der Waals surface area contributed by atoms with Gasteiger partial charge in [0.15, 0.2) is 11.5 Å². The Bertz CT molecular complexity index is 866. The molecule has 5 nitrogen and oxygen atoms in total. The van der Waals surface area contributed by atoms with Gasteiger partial charge in [0.1, 0.15) is 5.75 Å². The quantitative estimate of drug-likeness (QED) is 0.164. The number of carbonyl (C=O) groups is 1. The molecule has 0 heterocycles. The summed E-state index contributed by atoms with van der Waals surface area (Å²) in [4.78, 5) is 12.4. The number of ether oxygens (including phenoxy) is 2. The zero-order valence-electron chi connectivity index (χ0n) is 23.2. The molecule has 0 unspecified atom stereocenters. The highest BCUT2D eigenvalue weighted by atomic mass is 16.5. The van der Waals surface area contributed by atoms with Gasteiger partial charge in [-0.2, -0.15) is 0 Å². The number of phenols is 1. The molecule has 2 aromatic rings. The molecule has 0 atom stereocenters. The molecule has 0 aliphatic rings. The van der Waals surface area contributed by atoms with E-state index in [9.17, 15) is 9.90 Å². The Hall–Kier alpha value is -2.69. The maximum atomic E-state index is 12.4. The van der Waals surface area contributed by atoms with Crippen LogP contribution in [0.15, 0.2) is 42.5 Å². The van der Waals surface area contributed by atoms with Gasteiger partial charge in [-0.1, -0.05) is 103 Å². The van der Waals surface area contributed by atoms with Gasteiger partial charge in [0.05, 0.1) is 13.7 Å². The van der Waals surface area contributed by atoms with E-state index in [1.54, 1.807) is 6.07 Å². The lowest BCUT2D eigenvalue weighted by Crippen LogP contribution is -2.11. The summed E-state index contributed by atoms with van der Waals surface area (Å²) in [6.45, 7) is 3.00. The number of carbonyl (C=O) groups excluding carboxylic acids is 1. The van der Waals surface area contributed by atoms with E-state index in [4.69, 9.17) is 9.47 Å². The fraction of sp³-hybridized carbons (Fsp3) is 0.594. The molecule has 5 heteroatoms. The number of hydrogen-bond acceptors (Lipinski definition) is 4. The van der Waals surface area contributed by atoms with E-state index in [0.29, 0.717) is 11.3 Å². The lowest BCUT2D eigenvalue weighted by atomic mass is 10.0. The molecule has 1 amide bonds. The molecule has 0 radical (unpaired) electrons. The average molecular weight is 512 g/mol. The zero-order valence-corrected chi connectivity index (χ0v) is 23.2. The molecule has 0 aliphatic heterocycles. The molecule has 0 aliphatic carbocycles. The summed E-state index contributed by atoms with van der Waals surface area (Å²) in [5.74, 6) is 0.820. The van der Waals surface area contributed by atoms with Crippen molar-refractivity contribution in [1.29, 1.82) is 0 Å². The summed E-state index contributed by atoms with van der Waals surface area (Å²) in [6.07, 6.45) is 21.8. The summed E-state index contributed by atoms with van der Waals surface area (Å²) < 4.78 is 10.9. The number of benzene rings is 2. The van der Waals surface area contributed by atoms with Crippen molar-refractivity contribution < 1.29 is 19.4 Å². The maximum absolute atomic E-state index is 12.4. The van der Waals surface area contributed by atoms with Crippen molar-refractivity contribution >= 4 is 11.6 Å². The van der Waals surface area contributed by atoms with Gasteiger partial charge in [0, 0.05) is 11.3 Å². The van der Waals surface area contributed by atoms with E-state index in [1.165, 1.54) is 116 Å². The highest BCUT2D eigenvalue weighted by Gasteiger charge is 2.10. The normalized spacial score (nSPS) is 10.9. The molecule has 0 bridgehead atoms. The zero-order chi connectivity index (χ0) is 26.6. The van der Waals surface area contributed by atoms with Crippen LogP contribution in [-0.2, 0) is 0 Å². The maximum Gasteiger partial charge on any atom is 0.255 e. The fourth-order valence-corrected chi connectivity index (χ4v) is 4.50. The van der Waals surface area contributed by atoms with Gasteiger partial charge >= 0.3 is 0 Å². The van der Waals surface area contributed by atoms with Crippen LogP contribution >= 0.6 is 0 Å². The number of anilines is 1. The van der Waals surface area contributed by atoms with Crippen LogP contribution in [0.1, 0.15) is 120 Å². The Balaban J connectivity index is 1.45. The largest absolute Gasteiger partial charge is 0.504 e. The standard InChI is InChI=1S/C32H49NO4/c1-3-4-5-6-7-8-9-10-11-12-13-14-15-16-17-18-25-37-29-22-20-28(21-23-29)33-32(35)27-19-24-30(34)31(26-27)36-2/h19-24,26,34H,3-18,25H2,1-2H3,(H,33,35). The molecule has 206 valence electrons. The van der Waals surface area contributed by atoms with Gasteiger partial charge in [-0.05, 0) is 48.9 Å². The molecule has 2 aromatic carbocycles. The SMILES string of the molecule is CCCCCCCCCCCCCCCCCCOc1ccc(NC(=O)c2ccc(O)c(OC)c2)cc1. The first kappa shape index (κ1) is 30.5. The summed E-state index contributed by atoms with van der Waals surface area (Å²) in [7, 11) is 1.45. The molecular formula is C32H49NO4. The number of rotatable bonds is 21. The van der Waals surface area contributed by atoms with Crippen molar-refractivity contribution in [2.75, 3.05) is 19.0 Å². The molecule has 0 aromatic heterocycles. The third kappa shape index (κ3) is 13.4. The third-order valence-corrected chi connectivity index (χ3v) is 6.82. The molecule has 2 rings (SSSR count). The minimum absolute atomic E-state index is 0.00453. The van der Waals surface area contributed by atoms with Gasteiger partial charge in [-0.3, -0.25) is 4.79 Å². The lowest BCUT2D eigenvalue weighted by molar-refractivity contribution is 0.102. The van der Waals surface area contributed by atoms with Crippen molar-refractivity contribution in [3.63, 3.8) is 0 Å². The van der Waals surface area contributed by atoms with Crippen LogP contribution in [0, 0.1) is 0 Å². The highest BCUT2D eigenvalue weighted by Crippen LogP contribution is 2.27. The minimum atomic E-state index is -0.264. The molecule has 0 fully saturated rings. The second kappa shape index (κ2) is 19.4. The van der Waals surface area contributed by atoms with E-state index in [2.05, 4.69) is 12.2 Å². The molecule has 37 heavy (non-hydrogen) atoms. The Morgan fingerprint density at radius 2 is 1.24 bits per heavy atom. The van der Waals surface area contributed by atoms with E-state index in [-0.39, 0.29) is 17.4 Å². The molecular weight excluding hydrogens is 462 g/mol. The average Bonchev–Trinajstić information content (AvgIpc) is 2.91. The van der Waals surface area contributed by atoms with E-state index >= 15 is 0 Å². The van der Waals surface area contributed by atoms with Crippen LogP contribution < -0.4 is 14.8 Å². The van der Waals surface area contributed by atoms with Crippen LogP contribution in [0.4, 0.5) is 5.69 Å². The highest BCUT2D eigenvalue weighted by molar-refractivity contribution is 6.04. The Morgan fingerprint density at radius 3 is 1.76 bits per heavy atom. The summed E-state index contributed by atoms with van der Waals surface area (Å²) in [5, 5.41) is 12.5. The van der Waals surface area contributed by atoms with Gasteiger partial charge in [-0.25, -0.2) is 0 Å². The Morgan fingerprint density at radius 1 is 0.730 bits per heavy atom. The first-order valence-corrected chi connectivity index (χ1v) is 14.5. The predicted molar refractivity (Wildman–Crippen MR) is 154 cm³/mol. The molecule has 0 saturated carbocycles. The van der Waals surface area contributed by atoms with Crippen LogP contribution in [0.3, 0.4) is 0 Å². The van der Waals surface area contributed by atoms with Gasteiger partial charge in [0.2, 0.25) is 0 Å². The van der Waals surface area contributed by atoms with Crippen molar-refractivity contribution in [3.8, 4) is 17.2 Å². The van der Waals surface area contributed by atoms with Gasteiger partial charge in [-0.15, -0.1) is 0 Å². The lowest BCUT2D eigenvalue weighted by Gasteiger charge is -2.10. The van der Waals surface area contributed by atoms with Gasteiger partial charge in [0.25, 0.3) is 5.91 Å². The van der Waals surface area contributed by atoms with Gasteiger partial charge < -0.3 is 19.9 Å². The number of phenolic OH excluding ortho intramolecular Hbond substituents is 1. The van der Waals surface area contributed by atoms with Crippen LogP contribution in [0.5, 0.6) is 17.2 Å².